The van der Waals surface area contributed by atoms with Crippen LogP contribution >= 0.6 is 0 Å². The molecule has 1 amide bonds. The van der Waals surface area contributed by atoms with Crippen molar-refractivity contribution in [2.75, 3.05) is 20.2 Å². The van der Waals surface area contributed by atoms with E-state index in [9.17, 15) is 4.79 Å². The summed E-state index contributed by atoms with van der Waals surface area (Å²) in [5, 5.41) is 32.8. The predicted octanol–water partition coefficient (Wildman–Crippen LogP) is 0.0276. The Bertz CT molecular complexity index is 252. The smallest absolute Gasteiger partial charge is 0.222 e. The van der Waals surface area contributed by atoms with Crippen LogP contribution < -0.4 is 0 Å². The summed E-state index contributed by atoms with van der Waals surface area (Å²) < 4.78 is 0. The van der Waals surface area contributed by atoms with Crippen molar-refractivity contribution in [3.63, 3.8) is 0 Å². The molecule has 0 aromatic carbocycles. The van der Waals surface area contributed by atoms with Crippen LogP contribution in [0.2, 0.25) is 0 Å². The Morgan fingerprint density at radius 3 is 2.32 bits per heavy atom. The van der Waals surface area contributed by atoms with Gasteiger partial charge in [0, 0.05) is 20.0 Å². The van der Waals surface area contributed by atoms with Gasteiger partial charge in [0.15, 0.2) is 0 Å². The minimum Gasteiger partial charge on any atom is -0.346 e. The fourth-order valence-electron chi connectivity index (χ4n) is 1.30. The second-order valence-electron chi connectivity index (χ2n) is 3.83. The van der Waals surface area contributed by atoms with Crippen LogP contribution in [0.25, 0.3) is 0 Å². The lowest BCUT2D eigenvalue weighted by Gasteiger charge is -2.19. The van der Waals surface area contributed by atoms with E-state index in [-0.39, 0.29) is 25.4 Å². The average Bonchev–Trinajstić information content (AvgIpc) is 2.33. The molecule has 0 aromatic rings. The quantitative estimate of drug-likeness (QED) is 0.410. The zero-order valence-electron chi connectivity index (χ0n) is 11.0. The highest BCUT2D eigenvalue weighted by atomic mass is 17.1. The Kier molecular flexibility index (Phi) is 9.55. The van der Waals surface area contributed by atoms with Crippen LogP contribution in [0.1, 0.15) is 26.2 Å². The van der Waals surface area contributed by atoms with Crippen LogP contribution in [0, 0.1) is 0 Å². The molecule has 0 saturated carbocycles. The van der Waals surface area contributed by atoms with Gasteiger partial charge in [-0.2, -0.15) is 0 Å². The van der Waals surface area contributed by atoms with E-state index in [2.05, 4.69) is 9.68 Å². The van der Waals surface area contributed by atoms with Gasteiger partial charge in [-0.05, 0) is 19.8 Å². The van der Waals surface area contributed by atoms with Crippen molar-refractivity contribution in [1.82, 2.24) is 15.7 Å². The second kappa shape index (κ2) is 10.00. The minimum absolute atomic E-state index is 0.0436. The molecule has 0 aliphatic rings. The first kappa shape index (κ1) is 18.1. The molecule has 0 heterocycles. The molecule has 0 radical (unpaired) electrons. The third kappa shape index (κ3) is 9.69. The first-order chi connectivity index (χ1) is 8.86. The highest BCUT2D eigenvalue weighted by Gasteiger charge is 2.16. The molecule has 0 spiro atoms. The highest BCUT2D eigenvalue weighted by molar-refractivity contribution is 5.75. The first-order valence-electron chi connectivity index (χ1n) is 5.76. The van der Waals surface area contributed by atoms with Crippen LogP contribution in [0.5, 0.6) is 0 Å². The highest BCUT2D eigenvalue weighted by Crippen LogP contribution is 2.08. The zero-order valence-corrected chi connectivity index (χ0v) is 11.0. The summed E-state index contributed by atoms with van der Waals surface area (Å²) >= 11 is 0. The Hall–Kier alpha value is -0.850. The van der Waals surface area contributed by atoms with Crippen LogP contribution in [-0.4, -0.2) is 68.7 Å². The average molecular weight is 283 g/mol. The molecule has 0 aliphatic carbocycles. The van der Waals surface area contributed by atoms with Gasteiger partial charge >= 0.3 is 0 Å². The van der Waals surface area contributed by atoms with Crippen molar-refractivity contribution >= 4 is 5.91 Å². The molecule has 19 heavy (non-hydrogen) atoms. The van der Waals surface area contributed by atoms with Crippen molar-refractivity contribution in [2.45, 2.75) is 32.3 Å². The molecule has 114 valence electrons. The summed E-state index contributed by atoms with van der Waals surface area (Å²) in [6.07, 6.45) is 0.0937. The lowest BCUT2D eigenvalue weighted by molar-refractivity contribution is -0.527. The van der Waals surface area contributed by atoms with E-state index in [4.69, 9.17) is 20.8 Å². The Morgan fingerprint density at radius 1 is 1.21 bits per heavy atom. The third-order valence-corrected chi connectivity index (χ3v) is 2.44. The van der Waals surface area contributed by atoms with Gasteiger partial charge in [0.25, 0.3) is 0 Å². The molecule has 0 aliphatic heterocycles. The first-order valence-corrected chi connectivity index (χ1v) is 5.76. The summed E-state index contributed by atoms with van der Waals surface area (Å²) in [5.74, 6) is -0.0436. The molecule has 0 unspecified atom stereocenters. The summed E-state index contributed by atoms with van der Waals surface area (Å²) in [7, 11) is 1.68. The largest absolute Gasteiger partial charge is 0.346 e. The van der Waals surface area contributed by atoms with Crippen molar-refractivity contribution in [3.05, 3.63) is 0 Å². The lowest BCUT2D eigenvalue weighted by Crippen LogP contribution is -2.31. The molecule has 1 atom stereocenters. The number of amides is 1. The van der Waals surface area contributed by atoms with E-state index in [1.54, 1.807) is 11.9 Å². The SMILES string of the molecule is CCN(C)C(=O)CCC[C@H](CON(O)O)ON(O)O. The lowest BCUT2D eigenvalue weighted by atomic mass is 10.1. The summed E-state index contributed by atoms with van der Waals surface area (Å²) in [4.78, 5) is 21.9. The van der Waals surface area contributed by atoms with E-state index in [0.717, 1.165) is 0 Å². The van der Waals surface area contributed by atoms with Gasteiger partial charge in [0.1, 0.15) is 12.7 Å². The van der Waals surface area contributed by atoms with Crippen LogP contribution in [0.15, 0.2) is 0 Å². The Labute approximate surface area is 110 Å². The van der Waals surface area contributed by atoms with Gasteiger partial charge in [-0.15, -0.1) is 0 Å². The summed E-state index contributed by atoms with van der Waals surface area (Å²) in [6, 6.07) is 0. The maximum atomic E-state index is 11.5. The van der Waals surface area contributed by atoms with Crippen LogP contribution in [0.4, 0.5) is 0 Å². The molecule has 0 aromatic heterocycles. The van der Waals surface area contributed by atoms with Crippen molar-refractivity contribution < 1.29 is 35.3 Å². The number of carbonyl (C=O) groups is 1. The van der Waals surface area contributed by atoms with Crippen LogP contribution in [-0.2, 0) is 14.5 Å². The maximum Gasteiger partial charge on any atom is 0.222 e. The standard InChI is InChI=1S/C9H21N3O7/c1-3-10(2)9(13)6-4-5-8(19-12(16)17)7-18-11(14)15/h8,14-17H,3-7H2,1-2H3/t8-/m1/s1. The van der Waals surface area contributed by atoms with Crippen LogP contribution in [0.3, 0.4) is 0 Å². The Morgan fingerprint density at radius 2 is 1.84 bits per heavy atom. The molecule has 0 rings (SSSR count). The number of hydrogen-bond acceptors (Lipinski definition) is 9. The van der Waals surface area contributed by atoms with E-state index in [0.29, 0.717) is 13.0 Å². The van der Waals surface area contributed by atoms with Gasteiger partial charge in [-0.25, -0.2) is 9.68 Å². The second-order valence-corrected chi connectivity index (χ2v) is 3.83. The van der Waals surface area contributed by atoms with Crippen molar-refractivity contribution in [3.8, 4) is 0 Å². The van der Waals surface area contributed by atoms with E-state index in [1.807, 2.05) is 6.92 Å². The molecular weight excluding hydrogens is 262 g/mol. The minimum atomic E-state index is -0.850. The predicted molar refractivity (Wildman–Crippen MR) is 58.8 cm³/mol. The molecule has 10 nitrogen and oxygen atoms in total. The number of rotatable bonds is 10. The fourth-order valence-corrected chi connectivity index (χ4v) is 1.30. The van der Waals surface area contributed by atoms with E-state index in [1.165, 1.54) is 0 Å². The summed E-state index contributed by atoms with van der Waals surface area (Å²) in [5.41, 5.74) is 0. The fraction of sp³-hybridized carbons (Fsp3) is 0.889. The van der Waals surface area contributed by atoms with Gasteiger partial charge < -0.3 is 4.90 Å². The maximum absolute atomic E-state index is 11.5. The monoisotopic (exact) mass is 283 g/mol. The van der Waals surface area contributed by atoms with Crippen molar-refractivity contribution in [2.24, 2.45) is 0 Å². The summed E-state index contributed by atoms with van der Waals surface area (Å²) in [6.45, 7) is 2.12. The number of hydrogen-bond donors (Lipinski definition) is 4. The number of nitrogens with zero attached hydrogens (tertiary/aromatic N) is 3. The molecule has 4 N–H and O–H groups in total. The molecule has 0 fully saturated rings. The zero-order chi connectivity index (χ0) is 14.8. The van der Waals surface area contributed by atoms with Gasteiger partial charge in [-0.3, -0.25) is 25.6 Å². The molecule has 0 saturated heterocycles. The molecule has 10 heteroatoms. The van der Waals surface area contributed by atoms with Gasteiger partial charge in [0.05, 0.1) is 10.8 Å². The van der Waals surface area contributed by atoms with Gasteiger partial charge in [-0.1, -0.05) is 0 Å². The Balaban J connectivity index is 4.00. The normalized spacial score (nSPS) is 13.1. The third-order valence-electron chi connectivity index (χ3n) is 2.44. The topological polar surface area (TPSA) is 126 Å². The van der Waals surface area contributed by atoms with Gasteiger partial charge in [0.2, 0.25) is 5.91 Å². The van der Waals surface area contributed by atoms with E-state index < -0.39 is 16.9 Å². The molecular formula is C9H21N3O7. The molecule has 0 bridgehead atoms. The van der Waals surface area contributed by atoms with Crippen molar-refractivity contribution in [1.29, 1.82) is 0 Å². The van der Waals surface area contributed by atoms with E-state index >= 15 is 0 Å². The number of carbonyl (C=O) groups excluding carboxylic acids is 1.